The summed E-state index contributed by atoms with van der Waals surface area (Å²) >= 11 is 5.85. The van der Waals surface area contributed by atoms with Crippen LogP contribution in [0.15, 0.2) is 48.5 Å². The Hall–Kier alpha value is -2.53. The van der Waals surface area contributed by atoms with Crippen molar-refractivity contribution in [3.05, 3.63) is 64.7 Å². The first-order valence-electron chi connectivity index (χ1n) is 8.77. The van der Waals surface area contributed by atoms with Crippen LogP contribution in [0.25, 0.3) is 0 Å². The molecule has 0 unspecified atom stereocenters. The van der Waals surface area contributed by atoms with Crippen molar-refractivity contribution in [1.82, 2.24) is 10.6 Å². The lowest BCUT2D eigenvalue weighted by atomic mass is 9.91. The number of carbonyl (C=O) groups is 2. The zero-order chi connectivity index (χ0) is 19.9. The summed E-state index contributed by atoms with van der Waals surface area (Å²) in [6, 6.07) is 14.9. The molecule has 2 aromatic carbocycles. The Morgan fingerprint density at radius 2 is 1.63 bits per heavy atom. The van der Waals surface area contributed by atoms with E-state index in [9.17, 15) is 9.59 Å². The van der Waals surface area contributed by atoms with Gasteiger partial charge in [-0.05, 0) is 49.6 Å². The largest absolute Gasteiger partial charge is 0.496 e. The summed E-state index contributed by atoms with van der Waals surface area (Å²) in [5.41, 5.74) is 0.748. The van der Waals surface area contributed by atoms with Gasteiger partial charge in [-0.15, -0.1) is 0 Å². The summed E-state index contributed by atoms with van der Waals surface area (Å²) in [6.07, 6.45) is 0.623. The zero-order valence-corrected chi connectivity index (χ0v) is 16.6. The summed E-state index contributed by atoms with van der Waals surface area (Å²) in [7, 11) is 1.62. The van der Waals surface area contributed by atoms with Crippen LogP contribution in [-0.2, 0) is 22.6 Å². The number of amides is 2. The molecule has 0 fully saturated rings. The minimum Gasteiger partial charge on any atom is -0.496 e. The molecule has 0 saturated carbocycles. The normalized spacial score (nSPS) is 11.0. The Morgan fingerprint density at radius 3 is 2.30 bits per heavy atom. The van der Waals surface area contributed by atoms with Crippen molar-refractivity contribution in [1.29, 1.82) is 0 Å². The van der Waals surface area contributed by atoms with Crippen LogP contribution in [-0.4, -0.2) is 25.5 Å². The molecule has 0 bridgehead atoms. The standard InChI is InChI=1S/C21H25ClN2O3/c1-21(2,20(26)24-14-15-8-10-17(22)11-9-15)19(25)23-13-12-16-6-4-5-7-18(16)27-3/h4-11H,12-14H2,1-3H3,(H,23,25)(H,24,26). The van der Waals surface area contributed by atoms with E-state index in [2.05, 4.69) is 10.6 Å². The smallest absolute Gasteiger partial charge is 0.235 e. The van der Waals surface area contributed by atoms with E-state index in [1.54, 1.807) is 33.1 Å². The van der Waals surface area contributed by atoms with E-state index in [-0.39, 0.29) is 11.8 Å². The molecule has 2 amide bonds. The minimum absolute atomic E-state index is 0.314. The molecule has 0 aliphatic carbocycles. The van der Waals surface area contributed by atoms with Crippen molar-refractivity contribution >= 4 is 23.4 Å². The number of carbonyl (C=O) groups excluding carboxylic acids is 2. The third-order valence-corrected chi connectivity index (χ3v) is 4.63. The Bertz CT molecular complexity index is 788. The molecule has 2 N–H and O–H groups in total. The first-order valence-corrected chi connectivity index (χ1v) is 9.15. The molecule has 0 radical (unpaired) electrons. The highest BCUT2D eigenvalue weighted by atomic mass is 35.5. The summed E-state index contributed by atoms with van der Waals surface area (Å²) in [6.45, 7) is 3.99. The van der Waals surface area contributed by atoms with Crippen molar-refractivity contribution in [2.45, 2.75) is 26.8 Å². The van der Waals surface area contributed by atoms with Crippen molar-refractivity contribution < 1.29 is 14.3 Å². The lowest BCUT2D eigenvalue weighted by Crippen LogP contribution is -2.48. The van der Waals surface area contributed by atoms with E-state index < -0.39 is 5.41 Å². The maximum absolute atomic E-state index is 12.5. The van der Waals surface area contributed by atoms with E-state index in [0.29, 0.717) is 24.5 Å². The van der Waals surface area contributed by atoms with Gasteiger partial charge in [0.1, 0.15) is 11.2 Å². The van der Waals surface area contributed by atoms with Gasteiger partial charge < -0.3 is 15.4 Å². The molecule has 2 rings (SSSR count). The summed E-state index contributed by atoms with van der Waals surface area (Å²) in [4.78, 5) is 24.9. The zero-order valence-electron chi connectivity index (χ0n) is 15.8. The molecular weight excluding hydrogens is 364 g/mol. The molecule has 0 saturated heterocycles. The lowest BCUT2D eigenvalue weighted by Gasteiger charge is -2.23. The second-order valence-electron chi connectivity index (χ2n) is 6.75. The van der Waals surface area contributed by atoms with Gasteiger partial charge in [-0.2, -0.15) is 0 Å². The van der Waals surface area contributed by atoms with Crippen LogP contribution >= 0.6 is 11.6 Å². The van der Waals surface area contributed by atoms with E-state index in [0.717, 1.165) is 16.9 Å². The molecule has 0 aromatic heterocycles. The Morgan fingerprint density at radius 1 is 1.00 bits per heavy atom. The maximum Gasteiger partial charge on any atom is 0.235 e. The van der Waals surface area contributed by atoms with Crippen molar-refractivity contribution in [3.8, 4) is 5.75 Å². The Kier molecular flexibility index (Phi) is 7.25. The van der Waals surface area contributed by atoms with Gasteiger partial charge in [0, 0.05) is 18.1 Å². The number of hydrogen-bond acceptors (Lipinski definition) is 3. The quantitative estimate of drug-likeness (QED) is 0.681. The van der Waals surface area contributed by atoms with Gasteiger partial charge in [0.25, 0.3) is 0 Å². The average Bonchev–Trinajstić information content (AvgIpc) is 2.67. The molecule has 6 heteroatoms. The topological polar surface area (TPSA) is 67.4 Å². The number of halogens is 1. The van der Waals surface area contributed by atoms with Gasteiger partial charge in [-0.25, -0.2) is 0 Å². The fourth-order valence-corrected chi connectivity index (χ4v) is 2.68. The third kappa shape index (κ3) is 5.73. The van der Waals surface area contributed by atoms with E-state index >= 15 is 0 Å². The van der Waals surface area contributed by atoms with Crippen LogP contribution in [0.3, 0.4) is 0 Å². The van der Waals surface area contributed by atoms with Crippen LogP contribution in [0, 0.1) is 5.41 Å². The van der Waals surface area contributed by atoms with Gasteiger partial charge in [-0.3, -0.25) is 9.59 Å². The SMILES string of the molecule is COc1ccccc1CCNC(=O)C(C)(C)C(=O)NCc1ccc(Cl)cc1. The van der Waals surface area contributed by atoms with Gasteiger partial charge in [0.2, 0.25) is 11.8 Å². The Balaban J connectivity index is 1.85. The number of rotatable bonds is 8. The van der Waals surface area contributed by atoms with Crippen LogP contribution in [0.1, 0.15) is 25.0 Å². The third-order valence-electron chi connectivity index (χ3n) is 4.37. The van der Waals surface area contributed by atoms with Crippen LogP contribution in [0.2, 0.25) is 5.02 Å². The summed E-state index contributed by atoms with van der Waals surface area (Å²) in [5.74, 6) is 0.143. The first kappa shape index (κ1) is 20.8. The number of nitrogens with one attached hydrogen (secondary N) is 2. The number of methoxy groups -OCH3 is 1. The van der Waals surface area contributed by atoms with Crippen molar-refractivity contribution in [3.63, 3.8) is 0 Å². The molecule has 0 heterocycles. The monoisotopic (exact) mass is 388 g/mol. The van der Waals surface area contributed by atoms with Crippen LogP contribution in [0.5, 0.6) is 5.75 Å². The molecule has 0 aliphatic heterocycles. The van der Waals surface area contributed by atoms with Crippen molar-refractivity contribution in [2.24, 2.45) is 5.41 Å². The lowest BCUT2D eigenvalue weighted by molar-refractivity contribution is -0.141. The molecule has 5 nitrogen and oxygen atoms in total. The first-order chi connectivity index (χ1) is 12.8. The number of hydrogen-bond donors (Lipinski definition) is 2. The van der Waals surface area contributed by atoms with E-state index in [1.807, 2.05) is 36.4 Å². The highest BCUT2D eigenvalue weighted by molar-refractivity contribution is 6.30. The average molecular weight is 389 g/mol. The molecule has 0 atom stereocenters. The molecule has 2 aromatic rings. The van der Waals surface area contributed by atoms with Gasteiger partial charge in [0.15, 0.2) is 0 Å². The molecule has 0 spiro atoms. The summed E-state index contributed by atoms with van der Waals surface area (Å²) < 4.78 is 5.30. The van der Waals surface area contributed by atoms with E-state index in [4.69, 9.17) is 16.3 Å². The number of ether oxygens (including phenoxy) is 1. The van der Waals surface area contributed by atoms with Crippen LogP contribution in [0.4, 0.5) is 0 Å². The van der Waals surface area contributed by atoms with Gasteiger partial charge >= 0.3 is 0 Å². The second kappa shape index (κ2) is 9.42. The fraction of sp³-hybridized carbons (Fsp3) is 0.333. The van der Waals surface area contributed by atoms with Gasteiger partial charge in [0.05, 0.1) is 7.11 Å². The van der Waals surface area contributed by atoms with Crippen LogP contribution < -0.4 is 15.4 Å². The summed E-state index contributed by atoms with van der Waals surface area (Å²) in [5, 5.41) is 6.28. The molecule has 27 heavy (non-hydrogen) atoms. The maximum atomic E-state index is 12.5. The molecular formula is C21H25ClN2O3. The van der Waals surface area contributed by atoms with E-state index in [1.165, 1.54) is 0 Å². The Labute approximate surface area is 165 Å². The number of para-hydroxylation sites is 1. The molecule has 144 valence electrons. The van der Waals surface area contributed by atoms with Crippen molar-refractivity contribution in [2.75, 3.05) is 13.7 Å². The predicted molar refractivity (Wildman–Crippen MR) is 107 cm³/mol. The predicted octanol–water partition coefficient (Wildman–Crippen LogP) is 3.35. The van der Waals surface area contributed by atoms with Gasteiger partial charge in [-0.1, -0.05) is 41.9 Å². The molecule has 0 aliphatic rings. The minimum atomic E-state index is -1.17. The second-order valence-corrected chi connectivity index (χ2v) is 7.19. The highest BCUT2D eigenvalue weighted by Gasteiger charge is 2.35. The fourth-order valence-electron chi connectivity index (χ4n) is 2.55. The number of benzene rings is 2. The highest BCUT2D eigenvalue weighted by Crippen LogP contribution is 2.19.